The first-order chi connectivity index (χ1) is 8.70. The number of nitrogens with two attached hydrogens (primary N) is 1. The van der Waals surface area contributed by atoms with E-state index in [2.05, 4.69) is 15.9 Å². The summed E-state index contributed by atoms with van der Waals surface area (Å²) in [6.07, 6.45) is 0.815. The van der Waals surface area contributed by atoms with Crippen LogP contribution in [0.2, 0.25) is 0 Å². The molecule has 5 heteroatoms. The van der Waals surface area contributed by atoms with E-state index in [-0.39, 0.29) is 18.2 Å². The molecule has 1 saturated carbocycles. The van der Waals surface area contributed by atoms with Gasteiger partial charge in [0.15, 0.2) is 0 Å². The monoisotopic (exact) mass is 315 g/mol. The van der Waals surface area contributed by atoms with Crippen molar-refractivity contribution in [3.63, 3.8) is 0 Å². The third kappa shape index (κ3) is 3.45. The Kier molecular flexibility index (Phi) is 5.00. The van der Waals surface area contributed by atoms with E-state index in [4.69, 9.17) is 19.9 Å². The van der Waals surface area contributed by atoms with Crippen LogP contribution >= 0.6 is 15.9 Å². The fraction of sp³-hybridized carbons (Fsp3) is 0.538. The van der Waals surface area contributed by atoms with Crippen LogP contribution in [0.15, 0.2) is 28.7 Å². The molecule has 0 spiro atoms. The Bertz CT molecular complexity index is 388. The predicted molar refractivity (Wildman–Crippen MR) is 72.8 cm³/mol. The van der Waals surface area contributed by atoms with Gasteiger partial charge in [-0.2, -0.15) is 0 Å². The Morgan fingerprint density at radius 1 is 1.39 bits per heavy atom. The summed E-state index contributed by atoms with van der Waals surface area (Å²) < 4.78 is 17.5. The lowest BCUT2D eigenvalue weighted by Crippen LogP contribution is -2.59. The van der Waals surface area contributed by atoms with Crippen molar-refractivity contribution in [2.75, 3.05) is 20.3 Å². The zero-order valence-corrected chi connectivity index (χ0v) is 11.9. The molecule has 2 N–H and O–H groups in total. The second kappa shape index (κ2) is 6.52. The first kappa shape index (κ1) is 13.8. The van der Waals surface area contributed by atoms with Gasteiger partial charge in [-0.1, -0.05) is 22.0 Å². The molecule has 3 atom stereocenters. The zero-order valence-electron chi connectivity index (χ0n) is 10.3. The van der Waals surface area contributed by atoms with Gasteiger partial charge >= 0.3 is 0 Å². The molecule has 0 heterocycles. The van der Waals surface area contributed by atoms with E-state index >= 15 is 0 Å². The summed E-state index contributed by atoms with van der Waals surface area (Å²) >= 11 is 3.42. The third-order valence-corrected chi connectivity index (χ3v) is 3.47. The van der Waals surface area contributed by atoms with Gasteiger partial charge in [-0.3, -0.25) is 0 Å². The van der Waals surface area contributed by atoms with Crippen LogP contribution in [0, 0.1) is 0 Å². The smallest absolute Gasteiger partial charge is 0.128 e. The van der Waals surface area contributed by atoms with Crippen molar-refractivity contribution in [1.82, 2.24) is 0 Å². The van der Waals surface area contributed by atoms with Crippen molar-refractivity contribution in [1.29, 1.82) is 0 Å². The quantitative estimate of drug-likeness (QED) is 0.815. The zero-order chi connectivity index (χ0) is 13.0. The first-order valence-electron chi connectivity index (χ1n) is 5.99. The van der Waals surface area contributed by atoms with Crippen molar-refractivity contribution in [2.24, 2.45) is 5.73 Å². The van der Waals surface area contributed by atoms with E-state index in [1.807, 2.05) is 24.3 Å². The molecule has 1 aromatic rings. The number of benzene rings is 1. The summed E-state index contributed by atoms with van der Waals surface area (Å²) in [5, 5.41) is 0. The van der Waals surface area contributed by atoms with Gasteiger partial charge in [-0.25, -0.2) is 0 Å². The highest BCUT2D eigenvalue weighted by atomic mass is 79.9. The van der Waals surface area contributed by atoms with E-state index in [9.17, 15) is 0 Å². The third-order valence-electron chi connectivity index (χ3n) is 2.97. The average Bonchev–Trinajstić information content (AvgIpc) is 2.34. The fourth-order valence-electron chi connectivity index (χ4n) is 1.95. The Labute approximate surface area is 116 Å². The van der Waals surface area contributed by atoms with Crippen LogP contribution in [-0.4, -0.2) is 38.6 Å². The minimum atomic E-state index is -0.0425. The van der Waals surface area contributed by atoms with Crippen LogP contribution in [0.5, 0.6) is 5.75 Å². The summed E-state index contributed by atoms with van der Waals surface area (Å²) in [6, 6.07) is 7.83. The largest absolute Gasteiger partial charge is 0.488 e. The van der Waals surface area contributed by atoms with E-state index < -0.39 is 0 Å². The van der Waals surface area contributed by atoms with Crippen molar-refractivity contribution in [3.05, 3.63) is 28.7 Å². The van der Waals surface area contributed by atoms with Crippen molar-refractivity contribution < 1.29 is 14.2 Å². The summed E-state index contributed by atoms with van der Waals surface area (Å²) in [6.45, 7) is 1.13. The number of methoxy groups -OCH3 is 1. The van der Waals surface area contributed by atoms with Gasteiger partial charge in [0, 0.05) is 24.0 Å². The Morgan fingerprint density at radius 2 is 2.22 bits per heavy atom. The van der Waals surface area contributed by atoms with E-state index in [1.165, 1.54) is 0 Å². The molecule has 1 aliphatic carbocycles. The van der Waals surface area contributed by atoms with E-state index in [0.717, 1.165) is 16.6 Å². The molecule has 18 heavy (non-hydrogen) atoms. The minimum Gasteiger partial charge on any atom is -0.488 e. The van der Waals surface area contributed by atoms with Gasteiger partial charge < -0.3 is 19.9 Å². The average molecular weight is 316 g/mol. The molecular weight excluding hydrogens is 298 g/mol. The summed E-state index contributed by atoms with van der Waals surface area (Å²) in [5.41, 5.74) is 5.92. The van der Waals surface area contributed by atoms with Gasteiger partial charge in [-0.05, 0) is 18.2 Å². The van der Waals surface area contributed by atoms with Crippen LogP contribution < -0.4 is 10.5 Å². The van der Waals surface area contributed by atoms with E-state index in [0.29, 0.717) is 13.2 Å². The van der Waals surface area contributed by atoms with E-state index in [1.54, 1.807) is 7.11 Å². The van der Waals surface area contributed by atoms with Crippen LogP contribution in [-0.2, 0) is 9.47 Å². The Morgan fingerprint density at radius 3 is 2.89 bits per heavy atom. The summed E-state index contributed by atoms with van der Waals surface area (Å²) in [4.78, 5) is 0. The van der Waals surface area contributed by atoms with Crippen molar-refractivity contribution in [3.8, 4) is 5.75 Å². The second-order valence-corrected chi connectivity index (χ2v) is 5.26. The SMILES string of the molecule is COCCOC1C(N)CC1Oc1cccc(Br)c1. The predicted octanol–water partition coefficient (Wildman–Crippen LogP) is 1.96. The molecule has 0 saturated heterocycles. The van der Waals surface area contributed by atoms with Gasteiger partial charge in [-0.15, -0.1) is 0 Å². The fourth-order valence-corrected chi connectivity index (χ4v) is 2.32. The summed E-state index contributed by atoms with van der Waals surface area (Å²) in [5.74, 6) is 0.835. The summed E-state index contributed by atoms with van der Waals surface area (Å²) in [7, 11) is 1.65. The molecule has 0 aliphatic heterocycles. The maximum atomic E-state index is 5.92. The van der Waals surface area contributed by atoms with Crippen LogP contribution in [0.25, 0.3) is 0 Å². The lowest BCUT2D eigenvalue weighted by atomic mass is 9.86. The highest BCUT2D eigenvalue weighted by Gasteiger charge is 2.41. The molecule has 1 aliphatic rings. The van der Waals surface area contributed by atoms with Crippen LogP contribution in [0.1, 0.15) is 6.42 Å². The Balaban J connectivity index is 1.85. The molecule has 3 unspecified atom stereocenters. The number of hydrogen-bond acceptors (Lipinski definition) is 4. The molecule has 0 radical (unpaired) electrons. The maximum Gasteiger partial charge on any atom is 0.128 e. The first-order valence-corrected chi connectivity index (χ1v) is 6.78. The molecule has 0 aromatic heterocycles. The molecular formula is C13H18BrNO3. The van der Waals surface area contributed by atoms with Gasteiger partial charge in [0.2, 0.25) is 0 Å². The number of rotatable bonds is 6. The normalized spacial score (nSPS) is 26.7. The van der Waals surface area contributed by atoms with Crippen molar-refractivity contribution in [2.45, 2.75) is 24.7 Å². The molecule has 0 bridgehead atoms. The molecule has 2 rings (SSSR count). The van der Waals surface area contributed by atoms with Gasteiger partial charge in [0.05, 0.1) is 13.2 Å². The molecule has 4 nitrogen and oxygen atoms in total. The lowest BCUT2D eigenvalue weighted by molar-refractivity contribution is -0.107. The molecule has 0 amide bonds. The Hall–Kier alpha value is -0.620. The van der Waals surface area contributed by atoms with Gasteiger partial charge in [0.25, 0.3) is 0 Å². The lowest BCUT2D eigenvalue weighted by Gasteiger charge is -2.41. The molecule has 100 valence electrons. The highest BCUT2D eigenvalue weighted by Crippen LogP contribution is 2.28. The molecule has 1 fully saturated rings. The van der Waals surface area contributed by atoms with Crippen molar-refractivity contribution >= 4 is 15.9 Å². The maximum absolute atomic E-state index is 5.92. The highest BCUT2D eigenvalue weighted by molar-refractivity contribution is 9.10. The van der Waals surface area contributed by atoms with Gasteiger partial charge in [0.1, 0.15) is 18.0 Å². The second-order valence-electron chi connectivity index (χ2n) is 4.34. The standard InChI is InChI=1S/C13H18BrNO3/c1-16-5-6-17-13-11(15)8-12(13)18-10-4-2-3-9(14)7-10/h2-4,7,11-13H,5-6,8,15H2,1H3. The number of hydrogen-bond donors (Lipinski definition) is 1. The minimum absolute atomic E-state index is 0.0335. The van der Waals surface area contributed by atoms with Crippen LogP contribution in [0.3, 0.4) is 0 Å². The number of ether oxygens (including phenoxy) is 3. The topological polar surface area (TPSA) is 53.7 Å². The van der Waals surface area contributed by atoms with Crippen LogP contribution in [0.4, 0.5) is 0 Å². The number of halogens is 1. The molecule has 1 aromatic carbocycles.